The number of rotatable bonds is 7. The molecule has 0 aromatic carbocycles. The van der Waals surface area contributed by atoms with Crippen molar-refractivity contribution in [1.29, 1.82) is 0 Å². The SMILES string of the molecule is CO/N=C(\C(=O)N[C@@H]1C(=O)N2C(C(=O)O)=C(n3cc4scc(C(N)=O)[n+]4c3)C(C)S[C@H]12)c1nsc(N)n1. The lowest BCUT2D eigenvalue weighted by molar-refractivity contribution is -0.510. The second-order valence-electron chi connectivity index (χ2n) is 7.79. The number of anilines is 1. The molecule has 6 N–H and O–H groups in total. The summed E-state index contributed by atoms with van der Waals surface area (Å²) in [6.45, 7) is 1.79. The molecule has 0 radical (unpaired) electrons. The number of carboxylic acids is 1. The van der Waals surface area contributed by atoms with E-state index in [9.17, 15) is 24.3 Å². The third-order valence-electron chi connectivity index (χ3n) is 5.60. The number of thiazole rings is 1. The van der Waals surface area contributed by atoms with Gasteiger partial charge in [-0.1, -0.05) is 16.5 Å². The Labute approximate surface area is 219 Å². The maximum Gasteiger partial charge on any atom is 0.356 e. The number of carbonyl (C=O) groups excluding carboxylic acids is 3. The van der Waals surface area contributed by atoms with Gasteiger partial charge in [0.05, 0.1) is 5.25 Å². The van der Waals surface area contributed by atoms with E-state index in [4.69, 9.17) is 16.3 Å². The normalized spacial score (nSPS) is 21.6. The Hall–Kier alpha value is -4.03. The molecule has 18 heteroatoms. The Bertz CT molecular complexity index is 1540. The molecule has 0 saturated carbocycles. The van der Waals surface area contributed by atoms with E-state index in [0.717, 1.165) is 16.4 Å². The Balaban J connectivity index is 1.46. The average Bonchev–Trinajstić information content (AvgIpc) is 3.55. The number of oxime groups is 1. The van der Waals surface area contributed by atoms with Gasteiger partial charge >= 0.3 is 5.97 Å². The molecule has 0 spiro atoms. The molecule has 3 aromatic rings. The van der Waals surface area contributed by atoms with Crippen molar-refractivity contribution in [1.82, 2.24) is 24.1 Å². The van der Waals surface area contributed by atoms with Crippen molar-refractivity contribution in [3.05, 3.63) is 35.1 Å². The van der Waals surface area contributed by atoms with Crippen LogP contribution in [0.3, 0.4) is 0 Å². The molecule has 192 valence electrons. The first-order chi connectivity index (χ1) is 17.6. The predicted molar refractivity (Wildman–Crippen MR) is 132 cm³/mol. The summed E-state index contributed by atoms with van der Waals surface area (Å²) < 4.78 is 7.07. The molecule has 1 fully saturated rings. The van der Waals surface area contributed by atoms with Crippen LogP contribution in [0.4, 0.5) is 5.13 Å². The van der Waals surface area contributed by atoms with Gasteiger partial charge in [-0.15, -0.1) is 11.8 Å². The van der Waals surface area contributed by atoms with E-state index in [-0.39, 0.29) is 28.1 Å². The number of nitrogens with zero attached hydrogens (tertiary/aromatic N) is 6. The Kier molecular flexibility index (Phi) is 6.08. The van der Waals surface area contributed by atoms with Crippen molar-refractivity contribution in [3.8, 4) is 0 Å². The van der Waals surface area contributed by atoms with E-state index in [1.165, 1.54) is 30.2 Å². The number of aliphatic carboxylic acids is 1. The van der Waals surface area contributed by atoms with Crippen molar-refractivity contribution >= 4 is 79.7 Å². The fraction of sp³-hybridized carbons (Fsp3) is 0.263. The van der Waals surface area contributed by atoms with Crippen LogP contribution in [0.15, 0.2) is 28.8 Å². The van der Waals surface area contributed by atoms with E-state index >= 15 is 0 Å². The molecular weight excluding hydrogens is 546 g/mol. The zero-order valence-electron chi connectivity index (χ0n) is 19.0. The molecule has 0 aliphatic carbocycles. The third-order valence-corrected chi connectivity index (χ3v) is 8.42. The summed E-state index contributed by atoms with van der Waals surface area (Å²) >= 11 is 3.42. The first kappa shape index (κ1) is 24.7. The highest BCUT2D eigenvalue weighted by molar-refractivity contribution is 8.01. The topological polar surface area (TPSA) is 212 Å². The Morgan fingerprint density at radius 1 is 1.35 bits per heavy atom. The second kappa shape index (κ2) is 9.12. The maximum atomic E-state index is 13.1. The van der Waals surface area contributed by atoms with Gasteiger partial charge in [-0.2, -0.15) is 13.8 Å². The van der Waals surface area contributed by atoms with Crippen molar-refractivity contribution in [2.75, 3.05) is 12.8 Å². The van der Waals surface area contributed by atoms with Crippen LogP contribution in [0.2, 0.25) is 0 Å². The number of carbonyl (C=O) groups is 4. The van der Waals surface area contributed by atoms with E-state index < -0.39 is 40.4 Å². The fourth-order valence-electron chi connectivity index (χ4n) is 4.07. The number of aromatic nitrogens is 4. The molecule has 37 heavy (non-hydrogen) atoms. The summed E-state index contributed by atoms with van der Waals surface area (Å²) in [7, 11) is 1.24. The number of primary amides is 1. The van der Waals surface area contributed by atoms with Crippen LogP contribution in [0.1, 0.15) is 23.2 Å². The smallest absolute Gasteiger partial charge is 0.356 e. The summed E-state index contributed by atoms with van der Waals surface area (Å²) in [5, 5.41) is 16.9. The standard InChI is InChI=1S/C19H17N9O6S3/c1-6-11(26-3-8-27(5-26)7(4-35-8)13(20)29)12(18(32)33)28-16(31)10(17(28)36-6)22-15(30)9(24-34-2)14-23-19(21)37-25-14/h3-6,10,17H,1-2H3,(H5-,20,21,22,23,25,29,30,32,33)/p+1/b24-9-/t6?,10-,17-/m1/s1. The van der Waals surface area contributed by atoms with Gasteiger partial charge in [0.1, 0.15) is 18.5 Å². The minimum absolute atomic E-state index is 0.0658. The van der Waals surface area contributed by atoms with Crippen LogP contribution >= 0.6 is 34.6 Å². The summed E-state index contributed by atoms with van der Waals surface area (Å²) in [6, 6.07) is -1.03. The lowest BCUT2D eigenvalue weighted by atomic mass is 10.0. The van der Waals surface area contributed by atoms with E-state index in [0.29, 0.717) is 10.5 Å². The number of fused-ring (bicyclic) bond motifs is 2. The van der Waals surface area contributed by atoms with Gasteiger partial charge in [-0.25, -0.2) is 9.36 Å². The maximum absolute atomic E-state index is 13.1. The summed E-state index contributed by atoms with van der Waals surface area (Å²) in [4.78, 5) is 60.5. The average molecular weight is 565 g/mol. The lowest BCUT2D eigenvalue weighted by Crippen LogP contribution is -2.71. The van der Waals surface area contributed by atoms with Crippen LogP contribution in [-0.4, -0.2) is 77.1 Å². The molecule has 3 aromatic heterocycles. The van der Waals surface area contributed by atoms with E-state index in [1.54, 1.807) is 33.8 Å². The Morgan fingerprint density at radius 3 is 2.73 bits per heavy atom. The summed E-state index contributed by atoms with van der Waals surface area (Å²) in [5.74, 6) is -3.40. The zero-order valence-corrected chi connectivity index (χ0v) is 21.5. The van der Waals surface area contributed by atoms with Crippen molar-refractivity contribution in [2.24, 2.45) is 10.9 Å². The van der Waals surface area contributed by atoms with E-state index in [1.807, 2.05) is 0 Å². The van der Waals surface area contributed by atoms with Crippen molar-refractivity contribution < 1.29 is 33.5 Å². The Morgan fingerprint density at radius 2 is 2.11 bits per heavy atom. The number of thioether (sulfide) groups is 1. The minimum atomic E-state index is -1.31. The molecule has 2 aliphatic heterocycles. The van der Waals surface area contributed by atoms with Gasteiger partial charge in [0.15, 0.2) is 22.7 Å². The van der Waals surface area contributed by atoms with Crippen LogP contribution in [0.25, 0.3) is 10.5 Å². The van der Waals surface area contributed by atoms with Crippen LogP contribution in [-0.2, 0) is 19.2 Å². The molecule has 2 aliphatic rings. The third kappa shape index (κ3) is 3.98. The highest BCUT2D eigenvalue weighted by Gasteiger charge is 2.57. The van der Waals surface area contributed by atoms with Crippen LogP contribution in [0.5, 0.6) is 0 Å². The van der Waals surface area contributed by atoms with Gasteiger partial charge in [-0.05, 0) is 6.92 Å². The lowest BCUT2D eigenvalue weighted by Gasteiger charge is -2.50. The molecule has 3 atom stereocenters. The number of nitrogens with two attached hydrogens (primary N) is 2. The number of hydrogen-bond acceptors (Lipinski definition) is 12. The zero-order chi connectivity index (χ0) is 26.6. The number of hydrogen-bond donors (Lipinski definition) is 4. The highest BCUT2D eigenvalue weighted by Crippen LogP contribution is 2.45. The second-order valence-corrected chi connectivity index (χ2v) is 10.9. The van der Waals surface area contributed by atoms with E-state index in [2.05, 4.69) is 19.8 Å². The molecule has 1 unspecified atom stereocenters. The molecular formula is C19H18N9O6S3+. The van der Waals surface area contributed by atoms with Crippen molar-refractivity contribution in [3.63, 3.8) is 0 Å². The number of β-lactam (4-membered cyclic amide) rings is 1. The van der Waals surface area contributed by atoms with Gasteiger partial charge in [0, 0.05) is 16.9 Å². The number of imidazole rings is 1. The molecule has 3 amide bonds. The monoisotopic (exact) mass is 564 g/mol. The quantitative estimate of drug-likeness (QED) is 0.118. The molecule has 5 heterocycles. The number of nitrogen functional groups attached to an aromatic ring is 1. The molecule has 5 rings (SSSR count). The number of carboxylic acid groups (broad SMARTS) is 1. The molecule has 1 saturated heterocycles. The summed E-state index contributed by atoms with van der Waals surface area (Å²) in [5.41, 5.74) is 11.1. The van der Waals surface area contributed by atoms with Crippen LogP contribution < -0.4 is 21.2 Å². The first-order valence-electron chi connectivity index (χ1n) is 10.4. The first-order valence-corrected chi connectivity index (χ1v) is 13.0. The van der Waals surface area contributed by atoms with Gasteiger partial charge < -0.3 is 26.7 Å². The van der Waals surface area contributed by atoms with Crippen molar-refractivity contribution in [2.45, 2.75) is 23.6 Å². The predicted octanol–water partition coefficient (Wildman–Crippen LogP) is -1.09. The molecule has 0 bridgehead atoms. The van der Waals surface area contributed by atoms with Gasteiger partial charge in [0.25, 0.3) is 24.0 Å². The fourth-order valence-corrected chi connectivity index (χ4v) is 6.85. The van der Waals surface area contributed by atoms with Crippen LogP contribution in [0, 0.1) is 0 Å². The highest BCUT2D eigenvalue weighted by atomic mass is 32.2. The van der Waals surface area contributed by atoms with Gasteiger partial charge in [-0.3, -0.25) is 19.3 Å². The van der Waals surface area contributed by atoms with Gasteiger partial charge in [0.2, 0.25) is 22.1 Å². The largest absolute Gasteiger partial charge is 0.476 e. The summed E-state index contributed by atoms with van der Waals surface area (Å²) in [6.07, 6.45) is 3.21. The minimum Gasteiger partial charge on any atom is -0.476 e. The number of nitrogens with one attached hydrogen (secondary N) is 1. The molecule has 15 nitrogen and oxygen atoms in total. The number of amides is 3.